The molecule has 0 spiro atoms. The summed E-state index contributed by atoms with van der Waals surface area (Å²) in [5.41, 5.74) is 3.26. The fourth-order valence-corrected chi connectivity index (χ4v) is 3.03. The maximum atomic E-state index is 12.0. The van der Waals surface area contributed by atoms with Crippen molar-refractivity contribution < 1.29 is 9.90 Å². The summed E-state index contributed by atoms with van der Waals surface area (Å²) in [7, 11) is 0. The van der Waals surface area contributed by atoms with E-state index in [1.807, 2.05) is 18.4 Å². The van der Waals surface area contributed by atoms with Crippen LogP contribution in [0.15, 0.2) is 41.8 Å². The summed E-state index contributed by atoms with van der Waals surface area (Å²) in [6.07, 6.45) is 3.31. The fraction of sp³-hybridized carbons (Fsp3) is 0.316. The maximum Gasteiger partial charge on any atom is 0.244 e. The molecule has 0 aliphatic carbocycles. The minimum Gasteiger partial charge on any atom is -0.392 e. The van der Waals surface area contributed by atoms with Crippen LogP contribution in [0, 0.1) is 0 Å². The van der Waals surface area contributed by atoms with Gasteiger partial charge in [0.05, 0.1) is 12.6 Å². The number of aliphatic hydroxyl groups excluding tert-OH is 1. The van der Waals surface area contributed by atoms with Gasteiger partial charge in [0.2, 0.25) is 5.91 Å². The molecule has 4 heteroatoms. The average Bonchev–Trinajstić information content (AvgIpc) is 3.01. The molecule has 2 rings (SSSR count). The normalized spacial score (nSPS) is 12.7. The molecule has 122 valence electrons. The van der Waals surface area contributed by atoms with Crippen LogP contribution in [0.25, 0.3) is 6.08 Å². The highest BCUT2D eigenvalue weighted by Gasteiger charge is 2.08. The minimum atomic E-state index is -0.121. The van der Waals surface area contributed by atoms with Gasteiger partial charge in [-0.1, -0.05) is 38.1 Å². The summed E-state index contributed by atoms with van der Waals surface area (Å²) in [6.45, 7) is 6.33. The van der Waals surface area contributed by atoms with Gasteiger partial charge in [-0.3, -0.25) is 4.79 Å². The lowest BCUT2D eigenvalue weighted by atomic mass is 9.99. The molecule has 2 aromatic rings. The van der Waals surface area contributed by atoms with Crippen molar-refractivity contribution in [3.8, 4) is 0 Å². The molecule has 1 amide bonds. The number of carbonyl (C=O) groups excluding carboxylic acids is 1. The quantitative estimate of drug-likeness (QED) is 0.778. The number of nitrogens with one attached hydrogen (secondary N) is 1. The first-order valence-corrected chi connectivity index (χ1v) is 8.64. The number of aliphatic hydroxyl groups is 1. The van der Waals surface area contributed by atoms with Crippen molar-refractivity contribution in [1.82, 2.24) is 5.32 Å². The minimum absolute atomic E-state index is 0.0277. The molecule has 2 N–H and O–H groups in total. The van der Waals surface area contributed by atoms with Crippen LogP contribution in [0.1, 0.15) is 54.3 Å². The van der Waals surface area contributed by atoms with Crippen LogP contribution in [0.4, 0.5) is 0 Å². The van der Waals surface area contributed by atoms with Gasteiger partial charge in [-0.2, -0.15) is 0 Å². The summed E-state index contributed by atoms with van der Waals surface area (Å²) < 4.78 is 0. The molecule has 0 bridgehead atoms. The van der Waals surface area contributed by atoms with E-state index in [9.17, 15) is 4.79 Å². The number of thiophene rings is 1. The number of benzene rings is 1. The molecular weight excluding hydrogens is 306 g/mol. The number of hydrogen-bond donors (Lipinski definition) is 2. The first-order chi connectivity index (χ1) is 11.0. The Balaban J connectivity index is 1.93. The third-order valence-corrected chi connectivity index (χ3v) is 4.66. The molecule has 3 nitrogen and oxygen atoms in total. The van der Waals surface area contributed by atoms with E-state index in [2.05, 4.69) is 43.4 Å². The fourth-order valence-electron chi connectivity index (χ4n) is 2.24. The van der Waals surface area contributed by atoms with Crippen LogP contribution in [0.3, 0.4) is 0 Å². The van der Waals surface area contributed by atoms with Crippen molar-refractivity contribution in [3.63, 3.8) is 0 Å². The van der Waals surface area contributed by atoms with E-state index in [4.69, 9.17) is 5.11 Å². The molecule has 0 aliphatic rings. The third kappa shape index (κ3) is 5.05. The standard InChI is InChI=1S/C19H23NO2S/c1-13(2)16-4-6-17(7-5-16)14(3)20-19(22)9-8-18-10-15(11-21)12-23-18/h4-10,12-14,21H,11H2,1-3H3,(H,20,22). The Labute approximate surface area is 141 Å². The molecule has 1 atom stereocenters. The molecular formula is C19H23NO2S. The van der Waals surface area contributed by atoms with E-state index in [0.717, 1.165) is 16.0 Å². The second-order valence-corrected chi connectivity index (χ2v) is 6.84. The maximum absolute atomic E-state index is 12.0. The van der Waals surface area contributed by atoms with Crippen LogP contribution in [-0.4, -0.2) is 11.0 Å². The molecule has 0 saturated heterocycles. The van der Waals surface area contributed by atoms with Crippen molar-refractivity contribution in [2.24, 2.45) is 0 Å². The lowest BCUT2D eigenvalue weighted by molar-refractivity contribution is -0.117. The topological polar surface area (TPSA) is 49.3 Å². The Morgan fingerprint density at radius 1 is 1.22 bits per heavy atom. The van der Waals surface area contributed by atoms with E-state index < -0.39 is 0 Å². The van der Waals surface area contributed by atoms with Gasteiger partial charge < -0.3 is 10.4 Å². The van der Waals surface area contributed by atoms with Crippen LogP contribution in [-0.2, 0) is 11.4 Å². The predicted octanol–water partition coefficient (Wildman–Crippen LogP) is 4.25. The van der Waals surface area contributed by atoms with E-state index >= 15 is 0 Å². The second-order valence-electron chi connectivity index (χ2n) is 5.90. The van der Waals surface area contributed by atoms with E-state index in [-0.39, 0.29) is 18.6 Å². The van der Waals surface area contributed by atoms with Crippen LogP contribution in [0.2, 0.25) is 0 Å². The van der Waals surface area contributed by atoms with Gasteiger partial charge in [0.25, 0.3) is 0 Å². The molecule has 23 heavy (non-hydrogen) atoms. The predicted molar refractivity (Wildman–Crippen MR) is 96.4 cm³/mol. The van der Waals surface area contributed by atoms with Crippen molar-refractivity contribution in [2.75, 3.05) is 0 Å². The largest absolute Gasteiger partial charge is 0.392 e. The summed E-state index contributed by atoms with van der Waals surface area (Å²) >= 11 is 1.51. The van der Waals surface area contributed by atoms with Crippen LogP contribution >= 0.6 is 11.3 Å². The number of hydrogen-bond acceptors (Lipinski definition) is 3. The summed E-state index contributed by atoms with van der Waals surface area (Å²) in [5.74, 6) is 0.385. The van der Waals surface area contributed by atoms with E-state index in [1.165, 1.54) is 23.0 Å². The highest BCUT2D eigenvalue weighted by Crippen LogP contribution is 2.19. The molecule has 0 radical (unpaired) electrons. The van der Waals surface area contributed by atoms with Gasteiger partial charge >= 0.3 is 0 Å². The molecule has 1 aromatic heterocycles. The monoisotopic (exact) mass is 329 g/mol. The molecule has 1 aromatic carbocycles. The summed E-state index contributed by atoms with van der Waals surface area (Å²) in [5, 5.41) is 13.9. The number of carbonyl (C=O) groups is 1. The van der Waals surface area contributed by atoms with E-state index in [0.29, 0.717) is 5.92 Å². The van der Waals surface area contributed by atoms with Gasteiger partial charge in [0, 0.05) is 11.0 Å². The molecule has 0 aliphatic heterocycles. The first-order valence-electron chi connectivity index (χ1n) is 7.76. The molecule has 1 unspecified atom stereocenters. The number of rotatable bonds is 6. The Kier molecular flexibility index (Phi) is 6.13. The van der Waals surface area contributed by atoms with Gasteiger partial charge in [-0.15, -0.1) is 11.3 Å². The Morgan fingerprint density at radius 2 is 1.87 bits per heavy atom. The van der Waals surface area contributed by atoms with Gasteiger partial charge in [-0.25, -0.2) is 0 Å². The first kappa shape index (κ1) is 17.4. The Hall–Kier alpha value is -1.91. The zero-order chi connectivity index (χ0) is 16.8. The number of amides is 1. The van der Waals surface area contributed by atoms with E-state index in [1.54, 1.807) is 6.08 Å². The smallest absolute Gasteiger partial charge is 0.244 e. The Bertz CT molecular complexity index is 671. The van der Waals surface area contributed by atoms with Gasteiger partial charge in [-0.05, 0) is 47.1 Å². The van der Waals surface area contributed by atoms with Crippen LogP contribution < -0.4 is 5.32 Å². The molecule has 0 saturated carbocycles. The third-order valence-electron chi connectivity index (χ3n) is 3.72. The lowest BCUT2D eigenvalue weighted by Crippen LogP contribution is -2.24. The zero-order valence-electron chi connectivity index (χ0n) is 13.7. The Morgan fingerprint density at radius 3 is 2.43 bits per heavy atom. The van der Waals surface area contributed by atoms with Crippen molar-refractivity contribution in [2.45, 2.75) is 39.3 Å². The molecule has 0 fully saturated rings. The average molecular weight is 329 g/mol. The highest BCUT2D eigenvalue weighted by atomic mass is 32.1. The van der Waals surface area contributed by atoms with Gasteiger partial charge in [0.15, 0.2) is 0 Å². The van der Waals surface area contributed by atoms with Crippen molar-refractivity contribution >= 4 is 23.3 Å². The van der Waals surface area contributed by atoms with Crippen LogP contribution in [0.5, 0.6) is 0 Å². The summed E-state index contributed by atoms with van der Waals surface area (Å²) in [6, 6.07) is 10.2. The SMILES string of the molecule is CC(C)c1ccc(C(C)NC(=O)C=Cc2cc(CO)cs2)cc1. The lowest BCUT2D eigenvalue weighted by Gasteiger charge is -2.14. The zero-order valence-corrected chi connectivity index (χ0v) is 14.6. The van der Waals surface area contributed by atoms with Gasteiger partial charge in [0.1, 0.15) is 0 Å². The van der Waals surface area contributed by atoms with Crippen molar-refractivity contribution in [1.29, 1.82) is 0 Å². The molecule has 1 heterocycles. The highest BCUT2D eigenvalue weighted by molar-refractivity contribution is 7.11. The summed E-state index contributed by atoms with van der Waals surface area (Å²) in [4.78, 5) is 13.0. The second kappa shape index (κ2) is 8.09. The van der Waals surface area contributed by atoms with Crippen molar-refractivity contribution in [3.05, 3.63) is 63.4 Å².